The van der Waals surface area contributed by atoms with Gasteiger partial charge in [-0.2, -0.15) is 0 Å². The zero-order chi connectivity index (χ0) is 12.3. The summed E-state index contributed by atoms with van der Waals surface area (Å²) in [5.74, 6) is 0. The largest absolute Gasteiger partial charge is 0.374 e. The molecule has 1 aromatic heterocycles. The summed E-state index contributed by atoms with van der Waals surface area (Å²) >= 11 is 1.87. The number of nitrogens with zero attached hydrogens (tertiary/aromatic N) is 1. The van der Waals surface area contributed by atoms with Crippen molar-refractivity contribution in [3.05, 3.63) is 21.9 Å². The van der Waals surface area contributed by atoms with E-state index in [4.69, 9.17) is 4.74 Å². The molecule has 3 nitrogen and oxygen atoms in total. The highest BCUT2D eigenvalue weighted by Crippen LogP contribution is 2.29. The quantitative estimate of drug-likeness (QED) is 0.890. The maximum Gasteiger partial charge on any atom is 0.0826 e. The third-order valence-corrected chi connectivity index (χ3v) is 4.62. The molecule has 1 saturated heterocycles. The van der Waals surface area contributed by atoms with Crippen LogP contribution < -0.4 is 5.32 Å². The van der Waals surface area contributed by atoms with E-state index in [0.717, 1.165) is 26.2 Å². The number of hydrogen-bond donors (Lipinski definition) is 1. The van der Waals surface area contributed by atoms with Crippen molar-refractivity contribution in [1.82, 2.24) is 10.2 Å². The average Bonchev–Trinajstić information content (AvgIpc) is 2.75. The second kappa shape index (κ2) is 5.96. The SMILES string of the molecule is CNCC1CN(C(C)c2sccc2C)CCO1. The van der Waals surface area contributed by atoms with Gasteiger partial charge < -0.3 is 10.1 Å². The maximum atomic E-state index is 5.75. The molecule has 1 N–H and O–H groups in total. The van der Waals surface area contributed by atoms with Crippen molar-refractivity contribution in [2.45, 2.75) is 26.0 Å². The van der Waals surface area contributed by atoms with Crippen LogP contribution in [0.25, 0.3) is 0 Å². The normalized spacial score (nSPS) is 23.8. The van der Waals surface area contributed by atoms with Crippen molar-refractivity contribution in [2.24, 2.45) is 0 Å². The fourth-order valence-corrected chi connectivity index (χ4v) is 3.44. The van der Waals surface area contributed by atoms with E-state index < -0.39 is 0 Å². The van der Waals surface area contributed by atoms with Crippen LogP contribution in [0.4, 0.5) is 0 Å². The molecule has 0 aromatic carbocycles. The van der Waals surface area contributed by atoms with E-state index >= 15 is 0 Å². The Hall–Kier alpha value is -0.420. The first-order valence-corrected chi connectivity index (χ1v) is 7.14. The van der Waals surface area contributed by atoms with E-state index in [2.05, 4.69) is 35.5 Å². The molecule has 96 valence electrons. The second-order valence-corrected chi connectivity index (χ2v) is 5.64. The van der Waals surface area contributed by atoms with Gasteiger partial charge in [-0.05, 0) is 37.9 Å². The van der Waals surface area contributed by atoms with E-state index in [9.17, 15) is 0 Å². The molecule has 17 heavy (non-hydrogen) atoms. The van der Waals surface area contributed by atoms with Gasteiger partial charge in [0.05, 0.1) is 12.7 Å². The Kier molecular flexibility index (Phi) is 4.56. The highest BCUT2D eigenvalue weighted by Gasteiger charge is 2.25. The van der Waals surface area contributed by atoms with Gasteiger partial charge in [0.1, 0.15) is 0 Å². The lowest BCUT2D eigenvalue weighted by atomic mass is 10.1. The lowest BCUT2D eigenvalue weighted by molar-refractivity contribution is -0.0389. The van der Waals surface area contributed by atoms with Gasteiger partial charge in [0.15, 0.2) is 0 Å². The van der Waals surface area contributed by atoms with Crippen molar-refractivity contribution in [3.8, 4) is 0 Å². The van der Waals surface area contributed by atoms with Crippen LogP contribution in [0.15, 0.2) is 11.4 Å². The summed E-state index contributed by atoms with van der Waals surface area (Å²) in [5, 5.41) is 5.38. The molecule has 2 heterocycles. The molecule has 0 bridgehead atoms. The lowest BCUT2D eigenvalue weighted by Crippen LogP contribution is -2.46. The number of thiophene rings is 1. The Morgan fingerprint density at radius 3 is 3.12 bits per heavy atom. The van der Waals surface area contributed by atoms with E-state index in [1.165, 1.54) is 10.4 Å². The number of likely N-dealkylation sites (N-methyl/N-ethyl adjacent to an activating group) is 1. The Balaban J connectivity index is 1.99. The first-order chi connectivity index (χ1) is 8.22. The standard InChI is InChI=1S/C13H22N2OS/c1-10-4-7-17-13(10)11(2)15-5-6-16-12(9-15)8-14-3/h4,7,11-12,14H,5-6,8-9H2,1-3H3. The van der Waals surface area contributed by atoms with Gasteiger partial charge in [-0.1, -0.05) is 0 Å². The van der Waals surface area contributed by atoms with Gasteiger partial charge in [-0.15, -0.1) is 11.3 Å². The molecule has 0 saturated carbocycles. The molecule has 2 atom stereocenters. The Morgan fingerprint density at radius 2 is 2.47 bits per heavy atom. The molecule has 4 heteroatoms. The zero-order valence-corrected chi connectivity index (χ0v) is 11.7. The second-order valence-electron chi connectivity index (χ2n) is 4.69. The molecule has 2 rings (SSSR count). The summed E-state index contributed by atoms with van der Waals surface area (Å²) in [6.07, 6.45) is 0.330. The lowest BCUT2D eigenvalue weighted by Gasteiger charge is -2.36. The van der Waals surface area contributed by atoms with Crippen LogP contribution in [0.5, 0.6) is 0 Å². The Morgan fingerprint density at radius 1 is 1.65 bits per heavy atom. The summed E-state index contributed by atoms with van der Waals surface area (Å²) in [4.78, 5) is 4.03. The first-order valence-electron chi connectivity index (χ1n) is 6.26. The highest BCUT2D eigenvalue weighted by molar-refractivity contribution is 7.10. The minimum atomic E-state index is 0.330. The molecule has 0 radical (unpaired) electrons. The third kappa shape index (κ3) is 3.07. The van der Waals surface area contributed by atoms with Crippen LogP contribution >= 0.6 is 11.3 Å². The van der Waals surface area contributed by atoms with Crippen molar-refractivity contribution in [2.75, 3.05) is 33.3 Å². The van der Waals surface area contributed by atoms with Gasteiger partial charge in [0.2, 0.25) is 0 Å². The summed E-state index contributed by atoms with van der Waals surface area (Å²) in [7, 11) is 1.98. The predicted octanol–water partition coefficient (Wildman–Crippen LogP) is 2.04. The molecular weight excluding hydrogens is 232 g/mol. The van der Waals surface area contributed by atoms with Crippen LogP contribution in [-0.2, 0) is 4.74 Å². The molecule has 1 aliphatic heterocycles. The average molecular weight is 254 g/mol. The molecule has 1 fully saturated rings. The van der Waals surface area contributed by atoms with Crippen molar-refractivity contribution >= 4 is 11.3 Å². The molecule has 0 amide bonds. The van der Waals surface area contributed by atoms with Gasteiger partial charge in [-0.25, -0.2) is 0 Å². The van der Waals surface area contributed by atoms with Gasteiger partial charge in [-0.3, -0.25) is 4.90 Å². The molecular formula is C13H22N2OS. The summed E-state index contributed by atoms with van der Waals surface area (Å²) in [6, 6.07) is 2.72. The predicted molar refractivity (Wildman–Crippen MR) is 72.7 cm³/mol. The van der Waals surface area contributed by atoms with Gasteiger partial charge in [0.25, 0.3) is 0 Å². The van der Waals surface area contributed by atoms with Gasteiger partial charge in [0, 0.05) is 30.6 Å². The minimum absolute atomic E-state index is 0.330. The Bertz CT molecular complexity index is 351. The summed E-state index contributed by atoms with van der Waals surface area (Å²) in [5.41, 5.74) is 1.42. The number of rotatable bonds is 4. The summed E-state index contributed by atoms with van der Waals surface area (Å²) in [6.45, 7) is 8.36. The van der Waals surface area contributed by atoms with Crippen LogP contribution in [-0.4, -0.2) is 44.3 Å². The molecule has 0 spiro atoms. The van der Waals surface area contributed by atoms with Crippen LogP contribution in [0.2, 0.25) is 0 Å². The van der Waals surface area contributed by atoms with E-state index in [0.29, 0.717) is 12.1 Å². The van der Waals surface area contributed by atoms with Crippen LogP contribution in [0.3, 0.4) is 0 Å². The Labute approximate surface area is 108 Å². The van der Waals surface area contributed by atoms with E-state index in [-0.39, 0.29) is 0 Å². The van der Waals surface area contributed by atoms with Gasteiger partial charge >= 0.3 is 0 Å². The number of ether oxygens (including phenoxy) is 1. The van der Waals surface area contributed by atoms with Crippen LogP contribution in [0, 0.1) is 6.92 Å². The molecule has 1 aromatic rings. The minimum Gasteiger partial charge on any atom is -0.374 e. The summed E-state index contributed by atoms with van der Waals surface area (Å²) < 4.78 is 5.75. The number of nitrogens with one attached hydrogen (secondary N) is 1. The number of hydrogen-bond acceptors (Lipinski definition) is 4. The van der Waals surface area contributed by atoms with E-state index in [1.807, 2.05) is 18.4 Å². The molecule has 1 aliphatic rings. The van der Waals surface area contributed by atoms with Crippen LogP contribution in [0.1, 0.15) is 23.4 Å². The number of aryl methyl sites for hydroxylation is 1. The van der Waals surface area contributed by atoms with Crippen molar-refractivity contribution in [3.63, 3.8) is 0 Å². The smallest absolute Gasteiger partial charge is 0.0826 e. The fraction of sp³-hybridized carbons (Fsp3) is 0.692. The van der Waals surface area contributed by atoms with Crippen molar-refractivity contribution < 1.29 is 4.74 Å². The highest BCUT2D eigenvalue weighted by atomic mass is 32.1. The topological polar surface area (TPSA) is 24.5 Å². The fourth-order valence-electron chi connectivity index (χ4n) is 2.42. The zero-order valence-electron chi connectivity index (χ0n) is 10.9. The monoisotopic (exact) mass is 254 g/mol. The molecule has 2 unspecified atom stereocenters. The molecule has 0 aliphatic carbocycles. The maximum absolute atomic E-state index is 5.75. The third-order valence-electron chi connectivity index (χ3n) is 3.43. The van der Waals surface area contributed by atoms with Crippen molar-refractivity contribution in [1.29, 1.82) is 0 Å². The number of morpholine rings is 1. The van der Waals surface area contributed by atoms with E-state index in [1.54, 1.807) is 0 Å². The first kappa shape index (κ1) is 13.0.